The molecule has 1 aromatic heterocycles. The van der Waals surface area contributed by atoms with Crippen molar-refractivity contribution < 1.29 is 18.9 Å². The second-order valence-electron chi connectivity index (χ2n) is 10.1. The first-order chi connectivity index (χ1) is 17.6. The molecule has 1 amide bonds. The van der Waals surface area contributed by atoms with Gasteiger partial charge in [0, 0.05) is 41.8 Å². The Bertz CT molecular complexity index is 1470. The second kappa shape index (κ2) is 9.19. The normalized spacial score (nSPS) is 18.5. The minimum absolute atomic E-state index is 0.0447. The number of nitro benzene ring substituents is 1. The highest BCUT2D eigenvalue weighted by Crippen LogP contribution is 2.49. The van der Waals surface area contributed by atoms with E-state index in [-0.39, 0.29) is 34.2 Å². The van der Waals surface area contributed by atoms with E-state index in [4.69, 9.17) is 16.0 Å². The van der Waals surface area contributed by atoms with E-state index in [0.29, 0.717) is 41.2 Å². The summed E-state index contributed by atoms with van der Waals surface area (Å²) < 4.78 is 6.27. The number of nitro groups is 1. The average molecular weight is 520 g/mol. The molecule has 1 aliphatic heterocycles. The van der Waals surface area contributed by atoms with Gasteiger partial charge in [-0.2, -0.15) is 0 Å². The third kappa shape index (κ3) is 4.42. The second-order valence-corrected chi connectivity index (χ2v) is 10.5. The van der Waals surface area contributed by atoms with Crippen LogP contribution in [0.15, 0.2) is 70.3 Å². The predicted molar refractivity (Wildman–Crippen MR) is 141 cm³/mol. The van der Waals surface area contributed by atoms with Crippen molar-refractivity contribution in [3.63, 3.8) is 0 Å². The summed E-state index contributed by atoms with van der Waals surface area (Å²) in [5, 5.41) is 14.8. The Labute approximate surface area is 219 Å². The Hall–Kier alpha value is -3.91. The van der Waals surface area contributed by atoms with E-state index in [0.717, 1.165) is 11.4 Å². The molecule has 0 bridgehead atoms. The molecular formula is C28H26ClN3O5. The molecular weight excluding hydrogens is 494 g/mol. The number of hydrogen-bond acceptors (Lipinski definition) is 6. The predicted octanol–water partition coefficient (Wildman–Crippen LogP) is 7.06. The van der Waals surface area contributed by atoms with E-state index >= 15 is 0 Å². The summed E-state index contributed by atoms with van der Waals surface area (Å²) in [6, 6.07) is 14.3. The Balaban J connectivity index is 1.70. The van der Waals surface area contributed by atoms with Crippen LogP contribution in [0, 0.1) is 15.5 Å². The number of nitrogens with one attached hydrogen (secondary N) is 1. The molecule has 9 heteroatoms. The zero-order valence-electron chi connectivity index (χ0n) is 20.7. The number of fused-ring (bicyclic) bond motifs is 1. The van der Waals surface area contributed by atoms with E-state index in [9.17, 15) is 19.7 Å². The number of non-ortho nitro benzene ring substituents is 1. The minimum Gasteiger partial charge on any atom is -0.458 e. The number of anilines is 2. The maximum atomic E-state index is 13.7. The number of para-hydroxylation sites is 2. The number of benzene rings is 2. The summed E-state index contributed by atoms with van der Waals surface area (Å²) in [6.45, 7) is 5.89. The Kier molecular flexibility index (Phi) is 6.15. The lowest BCUT2D eigenvalue weighted by atomic mass is 9.74. The maximum Gasteiger partial charge on any atom is 0.270 e. The highest BCUT2D eigenvalue weighted by Gasteiger charge is 2.44. The van der Waals surface area contributed by atoms with Crippen LogP contribution in [0.5, 0.6) is 0 Å². The number of nitrogens with zero attached hydrogens (tertiary/aromatic N) is 2. The molecule has 8 nitrogen and oxygen atoms in total. The molecule has 1 atom stereocenters. The highest BCUT2D eigenvalue weighted by atomic mass is 35.5. The summed E-state index contributed by atoms with van der Waals surface area (Å²) in [5.41, 5.74) is 2.79. The van der Waals surface area contributed by atoms with Gasteiger partial charge in [0.1, 0.15) is 17.6 Å². The number of furan rings is 1. The van der Waals surface area contributed by atoms with Crippen molar-refractivity contribution >= 4 is 40.4 Å². The lowest BCUT2D eigenvalue weighted by molar-refractivity contribution is -0.384. The van der Waals surface area contributed by atoms with E-state index in [1.807, 2.05) is 24.3 Å². The zero-order valence-corrected chi connectivity index (χ0v) is 21.5. The largest absolute Gasteiger partial charge is 0.458 e. The van der Waals surface area contributed by atoms with Crippen molar-refractivity contribution in [3.05, 3.63) is 86.8 Å². The smallest absolute Gasteiger partial charge is 0.270 e. The van der Waals surface area contributed by atoms with Gasteiger partial charge in [0.25, 0.3) is 5.69 Å². The van der Waals surface area contributed by atoms with Crippen LogP contribution in [-0.4, -0.2) is 16.6 Å². The molecule has 5 rings (SSSR count). The van der Waals surface area contributed by atoms with E-state index < -0.39 is 11.0 Å². The molecule has 37 heavy (non-hydrogen) atoms. The number of amides is 1. The van der Waals surface area contributed by atoms with Crippen molar-refractivity contribution in [1.29, 1.82) is 0 Å². The summed E-state index contributed by atoms with van der Waals surface area (Å²) in [7, 11) is 0. The first-order valence-electron chi connectivity index (χ1n) is 12.1. The number of halogens is 1. The van der Waals surface area contributed by atoms with E-state index in [1.54, 1.807) is 24.0 Å². The van der Waals surface area contributed by atoms with Crippen LogP contribution in [-0.2, 0) is 9.59 Å². The molecule has 3 aromatic rings. The molecule has 0 radical (unpaired) electrons. The third-order valence-corrected chi connectivity index (χ3v) is 7.11. The fourth-order valence-corrected chi connectivity index (χ4v) is 5.43. The molecule has 1 N–H and O–H groups in total. The van der Waals surface area contributed by atoms with Gasteiger partial charge >= 0.3 is 0 Å². The number of carbonyl (C=O) groups is 2. The maximum absolute atomic E-state index is 13.7. The highest BCUT2D eigenvalue weighted by molar-refractivity contribution is 6.33. The van der Waals surface area contributed by atoms with Gasteiger partial charge in [0.15, 0.2) is 5.78 Å². The Morgan fingerprint density at radius 1 is 1.19 bits per heavy atom. The summed E-state index contributed by atoms with van der Waals surface area (Å²) in [5.74, 6) is 0.592. The van der Waals surface area contributed by atoms with Gasteiger partial charge < -0.3 is 9.73 Å². The molecule has 0 fully saturated rings. The van der Waals surface area contributed by atoms with Crippen LogP contribution in [0.25, 0.3) is 11.3 Å². The van der Waals surface area contributed by atoms with Gasteiger partial charge in [-0.05, 0) is 42.2 Å². The quantitative estimate of drug-likeness (QED) is 0.292. The van der Waals surface area contributed by atoms with Crippen molar-refractivity contribution in [2.45, 2.75) is 46.1 Å². The first kappa shape index (κ1) is 24.8. The average Bonchev–Trinajstić information content (AvgIpc) is 3.26. The first-order valence-corrected chi connectivity index (χ1v) is 12.5. The van der Waals surface area contributed by atoms with Gasteiger partial charge in [0.2, 0.25) is 5.91 Å². The monoisotopic (exact) mass is 519 g/mol. The van der Waals surface area contributed by atoms with Crippen LogP contribution in [0.2, 0.25) is 5.02 Å². The molecule has 0 saturated carbocycles. The van der Waals surface area contributed by atoms with Gasteiger partial charge in [-0.3, -0.25) is 24.6 Å². The zero-order chi connectivity index (χ0) is 26.5. The standard InChI is InChI=1S/C28H26ClN3O5/c1-4-25(34)31-21-8-6-5-7-19(21)30-20-14-28(2,3)15-22(33)26(20)27(31)24-12-11-23(37-24)17-10-9-16(32(35)36)13-18(17)29/h5-13,27,30H,4,14-15H2,1-3H3/t27-/m0/s1. The third-order valence-electron chi connectivity index (χ3n) is 6.80. The fraction of sp³-hybridized carbons (Fsp3) is 0.286. The van der Waals surface area contributed by atoms with Crippen molar-refractivity contribution in [2.24, 2.45) is 5.41 Å². The van der Waals surface area contributed by atoms with Gasteiger partial charge in [-0.15, -0.1) is 0 Å². The number of Topliss-reactive ketones (excluding diaryl/α,β-unsaturated/α-hetero) is 1. The summed E-state index contributed by atoms with van der Waals surface area (Å²) >= 11 is 6.36. The lowest BCUT2D eigenvalue weighted by Crippen LogP contribution is -2.39. The molecule has 0 saturated heterocycles. The number of ketones is 1. The number of rotatable bonds is 4. The van der Waals surface area contributed by atoms with E-state index in [2.05, 4.69) is 19.2 Å². The van der Waals surface area contributed by atoms with Crippen molar-refractivity contribution in [1.82, 2.24) is 0 Å². The molecule has 0 spiro atoms. The Morgan fingerprint density at radius 2 is 1.95 bits per heavy atom. The molecule has 2 aromatic carbocycles. The van der Waals surface area contributed by atoms with Gasteiger partial charge in [0.05, 0.1) is 21.3 Å². The number of carbonyl (C=O) groups excluding carboxylic acids is 2. The van der Waals surface area contributed by atoms with Gasteiger partial charge in [-0.25, -0.2) is 0 Å². The fourth-order valence-electron chi connectivity index (χ4n) is 5.16. The SMILES string of the molecule is CCC(=O)N1c2ccccc2NC2=C(C(=O)CC(C)(C)C2)[C@@H]1c1ccc(-c2ccc([N+](=O)[O-])cc2Cl)o1. The van der Waals surface area contributed by atoms with E-state index in [1.165, 1.54) is 18.2 Å². The van der Waals surface area contributed by atoms with Crippen molar-refractivity contribution in [3.8, 4) is 11.3 Å². The minimum atomic E-state index is -0.784. The lowest BCUT2D eigenvalue weighted by Gasteiger charge is -2.36. The summed E-state index contributed by atoms with van der Waals surface area (Å²) in [4.78, 5) is 39.4. The van der Waals surface area contributed by atoms with Crippen LogP contribution < -0.4 is 10.2 Å². The van der Waals surface area contributed by atoms with Crippen LogP contribution in [0.3, 0.4) is 0 Å². The summed E-state index contributed by atoms with van der Waals surface area (Å²) in [6.07, 6.45) is 1.21. The Morgan fingerprint density at radius 3 is 2.65 bits per heavy atom. The van der Waals surface area contributed by atoms with Crippen LogP contribution in [0.1, 0.15) is 51.8 Å². The van der Waals surface area contributed by atoms with Crippen LogP contribution >= 0.6 is 11.6 Å². The molecule has 2 aliphatic rings. The number of allylic oxidation sites excluding steroid dienone is 1. The molecule has 190 valence electrons. The van der Waals surface area contributed by atoms with Gasteiger partial charge in [-0.1, -0.05) is 44.5 Å². The van der Waals surface area contributed by atoms with Crippen LogP contribution in [0.4, 0.5) is 17.1 Å². The molecule has 0 unspecified atom stereocenters. The number of hydrogen-bond donors (Lipinski definition) is 1. The molecule has 1 aliphatic carbocycles. The molecule has 2 heterocycles. The topological polar surface area (TPSA) is 106 Å². The van der Waals surface area contributed by atoms with Crippen molar-refractivity contribution in [2.75, 3.05) is 10.2 Å².